The first kappa shape index (κ1) is 11.9. The second-order valence-corrected chi connectivity index (χ2v) is 5.28. The van der Waals surface area contributed by atoms with E-state index in [9.17, 15) is 5.11 Å². The van der Waals surface area contributed by atoms with Crippen LogP contribution >= 0.6 is 15.9 Å². The molecule has 0 aromatic heterocycles. The Labute approximate surface area is 105 Å². The average molecular weight is 285 g/mol. The molecule has 1 N–H and O–H groups in total. The Morgan fingerprint density at radius 3 is 2.81 bits per heavy atom. The van der Waals surface area contributed by atoms with Gasteiger partial charge in [0.2, 0.25) is 0 Å². The van der Waals surface area contributed by atoms with Gasteiger partial charge in [-0.1, -0.05) is 18.9 Å². The fourth-order valence-corrected chi connectivity index (χ4v) is 2.42. The molecule has 0 heterocycles. The van der Waals surface area contributed by atoms with E-state index < -0.39 is 0 Å². The first-order valence-electron chi connectivity index (χ1n) is 5.72. The SMILES string of the molecule is COc1ccc(C(O)CCC2CC2)cc1Br. The lowest BCUT2D eigenvalue weighted by molar-refractivity contribution is 0.162. The zero-order valence-electron chi connectivity index (χ0n) is 9.45. The van der Waals surface area contributed by atoms with Gasteiger partial charge in [0.25, 0.3) is 0 Å². The number of aliphatic hydroxyl groups excluding tert-OH is 1. The first-order valence-corrected chi connectivity index (χ1v) is 6.51. The fraction of sp³-hybridized carbons (Fsp3) is 0.538. The van der Waals surface area contributed by atoms with Gasteiger partial charge in [-0.25, -0.2) is 0 Å². The van der Waals surface area contributed by atoms with Crippen LogP contribution in [-0.2, 0) is 0 Å². The molecular weight excluding hydrogens is 268 g/mol. The largest absolute Gasteiger partial charge is 0.496 e. The second-order valence-electron chi connectivity index (χ2n) is 4.43. The molecule has 1 unspecified atom stereocenters. The molecule has 0 amide bonds. The zero-order valence-corrected chi connectivity index (χ0v) is 11.0. The van der Waals surface area contributed by atoms with Gasteiger partial charge in [-0.15, -0.1) is 0 Å². The summed E-state index contributed by atoms with van der Waals surface area (Å²) >= 11 is 3.43. The van der Waals surface area contributed by atoms with Crippen molar-refractivity contribution in [1.82, 2.24) is 0 Å². The van der Waals surface area contributed by atoms with Crippen molar-refractivity contribution in [3.8, 4) is 5.75 Å². The van der Waals surface area contributed by atoms with Crippen LogP contribution in [0.1, 0.15) is 37.4 Å². The molecule has 3 heteroatoms. The minimum absolute atomic E-state index is 0.345. The summed E-state index contributed by atoms with van der Waals surface area (Å²) in [6, 6.07) is 5.76. The van der Waals surface area contributed by atoms with Crippen LogP contribution in [0, 0.1) is 5.92 Å². The standard InChI is InChI=1S/C13H17BrO2/c1-16-13-7-5-10(8-11(13)14)12(15)6-4-9-2-3-9/h5,7-9,12,15H,2-4,6H2,1H3. The number of rotatable bonds is 5. The highest BCUT2D eigenvalue weighted by molar-refractivity contribution is 9.10. The Balaban J connectivity index is 1.98. The lowest BCUT2D eigenvalue weighted by Crippen LogP contribution is -1.98. The van der Waals surface area contributed by atoms with Gasteiger partial charge in [0, 0.05) is 0 Å². The molecule has 1 aliphatic rings. The summed E-state index contributed by atoms with van der Waals surface area (Å²) in [4.78, 5) is 0. The minimum Gasteiger partial charge on any atom is -0.496 e. The van der Waals surface area contributed by atoms with Crippen molar-refractivity contribution < 1.29 is 9.84 Å². The molecule has 0 saturated heterocycles. The minimum atomic E-state index is -0.345. The van der Waals surface area contributed by atoms with Crippen LogP contribution in [0.5, 0.6) is 5.75 Å². The lowest BCUT2D eigenvalue weighted by atomic mass is 10.0. The molecule has 1 fully saturated rings. The summed E-state index contributed by atoms with van der Waals surface area (Å²) in [6.45, 7) is 0. The highest BCUT2D eigenvalue weighted by atomic mass is 79.9. The summed E-state index contributed by atoms with van der Waals surface area (Å²) < 4.78 is 6.06. The smallest absolute Gasteiger partial charge is 0.133 e. The Bertz CT molecular complexity index is 361. The third-order valence-corrected chi connectivity index (χ3v) is 3.73. The Morgan fingerprint density at radius 2 is 2.25 bits per heavy atom. The van der Waals surface area contributed by atoms with Crippen molar-refractivity contribution >= 4 is 15.9 Å². The first-order chi connectivity index (χ1) is 7.70. The number of methoxy groups -OCH3 is 1. The van der Waals surface area contributed by atoms with Crippen molar-refractivity contribution in [3.05, 3.63) is 28.2 Å². The molecular formula is C13H17BrO2. The van der Waals surface area contributed by atoms with Crippen molar-refractivity contribution in [1.29, 1.82) is 0 Å². The topological polar surface area (TPSA) is 29.5 Å². The highest BCUT2D eigenvalue weighted by Crippen LogP contribution is 2.36. The zero-order chi connectivity index (χ0) is 11.5. The van der Waals surface area contributed by atoms with E-state index in [1.807, 2.05) is 18.2 Å². The van der Waals surface area contributed by atoms with Crippen LogP contribution in [0.15, 0.2) is 22.7 Å². The van der Waals surface area contributed by atoms with Crippen molar-refractivity contribution in [2.75, 3.05) is 7.11 Å². The number of halogens is 1. The fourth-order valence-electron chi connectivity index (χ4n) is 1.86. The molecule has 0 spiro atoms. The average Bonchev–Trinajstić information content (AvgIpc) is 3.09. The van der Waals surface area contributed by atoms with E-state index >= 15 is 0 Å². The van der Waals surface area contributed by atoms with Gasteiger partial charge in [-0.2, -0.15) is 0 Å². The van der Waals surface area contributed by atoms with E-state index in [0.717, 1.165) is 34.5 Å². The molecule has 1 aromatic rings. The van der Waals surface area contributed by atoms with Crippen LogP contribution in [0.2, 0.25) is 0 Å². The molecule has 88 valence electrons. The molecule has 0 aliphatic heterocycles. The molecule has 0 radical (unpaired) electrons. The number of hydrogen-bond acceptors (Lipinski definition) is 2. The molecule has 0 bridgehead atoms. The van der Waals surface area contributed by atoms with E-state index in [1.54, 1.807) is 7.11 Å². The van der Waals surface area contributed by atoms with E-state index in [1.165, 1.54) is 12.8 Å². The van der Waals surface area contributed by atoms with E-state index in [-0.39, 0.29) is 6.10 Å². The summed E-state index contributed by atoms with van der Waals surface area (Å²) in [5.41, 5.74) is 0.966. The van der Waals surface area contributed by atoms with Gasteiger partial charge in [-0.3, -0.25) is 0 Å². The number of hydrogen-bond donors (Lipinski definition) is 1. The predicted octanol–water partition coefficient (Wildman–Crippen LogP) is 3.68. The van der Waals surface area contributed by atoms with Gasteiger partial charge < -0.3 is 9.84 Å². The monoisotopic (exact) mass is 284 g/mol. The number of benzene rings is 1. The molecule has 16 heavy (non-hydrogen) atoms. The van der Waals surface area contributed by atoms with Gasteiger partial charge in [0.15, 0.2) is 0 Å². The van der Waals surface area contributed by atoms with Gasteiger partial charge in [-0.05, 0) is 52.4 Å². The lowest BCUT2D eigenvalue weighted by Gasteiger charge is -2.12. The van der Waals surface area contributed by atoms with Crippen LogP contribution in [0.4, 0.5) is 0 Å². The van der Waals surface area contributed by atoms with Gasteiger partial charge in [0.1, 0.15) is 5.75 Å². The van der Waals surface area contributed by atoms with E-state index in [2.05, 4.69) is 15.9 Å². The maximum atomic E-state index is 10.0. The quantitative estimate of drug-likeness (QED) is 0.894. The predicted molar refractivity (Wildman–Crippen MR) is 67.6 cm³/mol. The Morgan fingerprint density at radius 1 is 1.50 bits per heavy atom. The van der Waals surface area contributed by atoms with Crippen LogP contribution < -0.4 is 4.74 Å². The molecule has 1 atom stereocenters. The molecule has 1 aliphatic carbocycles. The van der Waals surface area contributed by atoms with E-state index in [0.29, 0.717) is 0 Å². The Kier molecular flexibility index (Phi) is 3.87. The second kappa shape index (κ2) is 5.19. The summed E-state index contributed by atoms with van der Waals surface area (Å²) in [5, 5.41) is 10.0. The number of aliphatic hydroxyl groups is 1. The Hall–Kier alpha value is -0.540. The maximum Gasteiger partial charge on any atom is 0.133 e. The maximum absolute atomic E-state index is 10.0. The van der Waals surface area contributed by atoms with Gasteiger partial charge >= 0.3 is 0 Å². The van der Waals surface area contributed by atoms with Crippen molar-refractivity contribution in [2.24, 2.45) is 5.92 Å². The van der Waals surface area contributed by atoms with Gasteiger partial charge in [0.05, 0.1) is 17.7 Å². The van der Waals surface area contributed by atoms with Crippen LogP contribution in [0.3, 0.4) is 0 Å². The molecule has 1 saturated carbocycles. The van der Waals surface area contributed by atoms with Crippen LogP contribution in [0.25, 0.3) is 0 Å². The molecule has 2 nitrogen and oxygen atoms in total. The normalized spacial score (nSPS) is 17.2. The molecule has 2 rings (SSSR count). The number of ether oxygens (including phenoxy) is 1. The van der Waals surface area contributed by atoms with Crippen molar-refractivity contribution in [2.45, 2.75) is 31.8 Å². The summed E-state index contributed by atoms with van der Waals surface area (Å²) in [5.74, 6) is 1.68. The highest BCUT2D eigenvalue weighted by Gasteiger charge is 2.22. The molecule has 1 aromatic carbocycles. The van der Waals surface area contributed by atoms with E-state index in [4.69, 9.17) is 4.74 Å². The third-order valence-electron chi connectivity index (χ3n) is 3.11. The van der Waals surface area contributed by atoms with Crippen LogP contribution in [-0.4, -0.2) is 12.2 Å². The van der Waals surface area contributed by atoms with Crippen molar-refractivity contribution in [3.63, 3.8) is 0 Å². The summed E-state index contributed by atoms with van der Waals surface area (Å²) in [6.07, 6.45) is 4.36. The third kappa shape index (κ3) is 2.98. The summed E-state index contributed by atoms with van der Waals surface area (Å²) in [7, 11) is 1.64.